The maximum Gasteiger partial charge on any atom is 0.0517 e. The molecule has 0 aromatic heterocycles. The van der Waals surface area contributed by atoms with Crippen LogP contribution >= 0.6 is 0 Å². The first kappa shape index (κ1) is 11.0. The molecule has 0 bridgehead atoms. The molecule has 2 nitrogen and oxygen atoms in total. The Kier molecular flexibility index (Phi) is 5.40. The maximum atomic E-state index is 5.67. The topological polar surface area (TPSA) is 38.0 Å². The zero-order chi connectivity index (χ0) is 9.52. The standard InChI is InChI=1S/C11H24N2/c1-10(12)13-9-11-7-5-3-2-4-6-8-11/h10-11,13H,2-9,12H2,1H3. The van der Waals surface area contributed by atoms with E-state index in [2.05, 4.69) is 5.32 Å². The summed E-state index contributed by atoms with van der Waals surface area (Å²) in [5.74, 6) is 0.881. The molecule has 0 aromatic carbocycles. The van der Waals surface area contributed by atoms with Crippen molar-refractivity contribution in [3.05, 3.63) is 0 Å². The van der Waals surface area contributed by atoms with Crippen molar-refractivity contribution in [2.45, 2.75) is 58.0 Å². The van der Waals surface area contributed by atoms with E-state index >= 15 is 0 Å². The van der Waals surface area contributed by atoms with Crippen LogP contribution in [0.3, 0.4) is 0 Å². The van der Waals surface area contributed by atoms with Gasteiger partial charge in [-0.3, -0.25) is 0 Å². The van der Waals surface area contributed by atoms with Crippen molar-refractivity contribution in [1.29, 1.82) is 0 Å². The number of nitrogens with two attached hydrogens (primary N) is 1. The molecule has 1 fully saturated rings. The summed E-state index contributed by atoms with van der Waals surface area (Å²) in [4.78, 5) is 0. The van der Waals surface area contributed by atoms with Gasteiger partial charge in [0.05, 0.1) is 6.17 Å². The van der Waals surface area contributed by atoms with Gasteiger partial charge in [0.2, 0.25) is 0 Å². The third-order valence-electron chi connectivity index (χ3n) is 2.95. The highest BCUT2D eigenvalue weighted by molar-refractivity contribution is 4.66. The van der Waals surface area contributed by atoms with E-state index in [-0.39, 0.29) is 6.17 Å². The van der Waals surface area contributed by atoms with E-state index in [9.17, 15) is 0 Å². The largest absolute Gasteiger partial charge is 0.316 e. The highest BCUT2D eigenvalue weighted by Gasteiger charge is 2.10. The summed E-state index contributed by atoms with van der Waals surface area (Å²) in [5.41, 5.74) is 5.67. The zero-order valence-corrected chi connectivity index (χ0v) is 8.89. The Bertz CT molecular complexity index is 115. The van der Waals surface area contributed by atoms with Gasteiger partial charge in [0, 0.05) is 0 Å². The van der Waals surface area contributed by atoms with Crippen molar-refractivity contribution in [2.75, 3.05) is 6.54 Å². The van der Waals surface area contributed by atoms with Crippen LogP contribution in [-0.4, -0.2) is 12.7 Å². The summed E-state index contributed by atoms with van der Waals surface area (Å²) < 4.78 is 0. The molecular weight excluding hydrogens is 160 g/mol. The Morgan fingerprint density at radius 3 is 2.23 bits per heavy atom. The van der Waals surface area contributed by atoms with Crippen LogP contribution in [0.2, 0.25) is 0 Å². The van der Waals surface area contributed by atoms with Gasteiger partial charge in [-0.25, -0.2) is 0 Å². The normalized spacial score (nSPS) is 23.5. The van der Waals surface area contributed by atoms with Gasteiger partial charge in [0.15, 0.2) is 0 Å². The lowest BCUT2D eigenvalue weighted by atomic mass is 9.91. The maximum absolute atomic E-state index is 5.67. The highest BCUT2D eigenvalue weighted by atomic mass is 15.0. The van der Waals surface area contributed by atoms with Crippen LogP contribution < -0.4 is 11.1 Å². The lowest BCUT2D eigenvalue weighted by molar-refractivity contribution is 0.349. The Morgan fingerprint density at radius 1 is 1.15 bits per heavy atom. The molecule has 0 aromatic rings. The first-order valence-corrected chi connectivity index (χ1v) is 5.78. The average molecular weight is 184 g/mol. The van der Waals surface area contributed by atoms with Gasteiger partial charge in [-0.15, -0.1) is 0 Å². The second-order valence-corrected chi connectivity index (χ2v) is 4.41. The van der Waals surface area contributed by atoms with Crippen LogP contribution in [0, 0.1) is 5.92 Å². The van der Waals surface area contributed by atoms with E-state index in [4.69, 9.17) is 5.73 Å². The fraction of sp³-hybridized carbons (Fsp3) is 1.00. The molecule has 2 heteroatoms. The molecule has 0 radical (unpaired) electrons. The van der Waals surface area contributed by atoms with Crippen molar-refractivity contribution < 1.29 is 0 Å². The molecule has 1 atom stereocenters. The lowest BCUT2D eigenvalue weighted by Gasteiger charge is -2.21. The minimum absolute atomic E-state index is 0.158. The highest BCUT2D eigenvalue weighted by Crippen LogP contribution is 2.21. The SMILES string of the molecule is CC(N)NCC1CCCCCCC1. The molecule has 78 valence electrons. The number of hydrogen-bond donors (Lipinski definition) is 2. The average Bonchev–Trinajstić information content (AvgIpc) is 2.01. The monoisotopic (exact) mass is 184 g/mol. The molecule has 1 rings (SSSR count). The Labute approximate surface area is 82.3 Å². The van der Waals surface area contributed by atoms with E-state index in [1.807, 2.05) is 6.92 Å². The molecule has 1 aliphatic rings. The molecule has 3 N–H and O–H groups in total. The van der Waals surface area contributed by atoms with Crippen LogP contribution in [-0.2, 0) is 0 Å². The van der Waals surface area contributed by atoms with Gasteiger partial charge in [0.1, 0.15) is 0 Å². The molecule has 1 aliphatic carbocycles. The van der Waals surface area contributed by atoms with Crippen LogP contribution in [0.1, 0.15) is 51.9 Å². The predicted molar refractivity (Wildman–Crippen MR) is 57.5 cm³/mol. The third kappa shape index (κ3) is 5.27. The van der Waals surface area contributed by atoms with E-state index in [1.165, 1.54) is 44.9 Å². The van der Waals surface area contributed by atoms with Crippen LogP contribution in [0.25, 0.3) is 0 Å². The van der Waals surface area contributed by atoms with E-state index in [0.29, 0.717) is 0 Å². The predicted octanol–water partition coefficient (Wildman–Crippen LogP) is 2.24. The quantitative estimate of drug-likeness (QED) is 0.660. The van der Waals surface area contributed by atoms with Crippen molar-refractivity contribution in [3.63, 3.8) is 0 Å². The van der Waals surface area contributed by atoms with Gasteiger partial charge in [0.25, 0.3) is 0 Å². The fourth-order valence-electron chi connectivity index (χ4n) is 2.10. The van der Waals surface area contributed by atoms with Gasteiger partial charge in [-0.1, -0.05) is 32.1 Å². The van der Waals surface area contributed by atoms with Crippen molar-refractivity contribution in [1.82, 2.24) is 5.32 Å². The van der Waals surface area contributed by atoms with Gasteiger partial charge < -0.3 is 11.1 Å². The van der Waals surface area contributed by atoms with Crippen LogP contribution in [0.15, 0.2) is 0 Å². The molecule has 13 heavy (non-hydrogen) atoms. The third-order valence-corrected chi connectivity index (χ3v) is 2.95. The first-order chi connectivity index (χ1) is 6.29. The van der Waals surface area contributed by atoms with Crippen molar-refractivity contribution >= 4 is 0 Å². The van der Waals surface area contributed by atoms with Gasteiger partial charge >= 0.3 is 0 Å². The fourth-order valence-corrected chi connectivity index (χ4v) is 2.10. The minimum atomic E-state index is 0.158. The Balaban J connectivity index is 2.14. The lowest BCUT2D eigenvalue weighted by Crippen LogP contribution is -2.37. The molecule has 0 aliphatic heterocycles. The second kappa shape index (κ2) is 6.39. The van der Waals surface area contributed by atoms with Crippen molar-refractivity contribution in [3.8, 4) is 0 Å². The Morgan fingerprint density at radius 2 is 1.69 bits per heavy atom. The van der Waals surface area contributed by atoms with E-state index in [0.717, 1.165) is 12.5 Å². The number of rotatable bonds is 3. The smallest absolute Gasteiger partial charge is 0.0517 e. The molecule has 0 saturated heterocycles. The molecule has 0 heterocycles. The number of hydrogen-bond acceptors (Lipinski definition) is 2. The van der Waals surface area contributed by atoms with Crippen molar-refractivity contribution in [2.24, 2.45) is 11.7 Å². The van der Waals surface area contributed by atoms with Crippen LogP contribution in [0.5, 0.6) is 0 Å². The summed E-state index contributed by atoms with van der Waals surface area (Å²) in [6, 6.07) is 0. The summed E-state index contributed by atoms with van der Waals surface area (Å²) in [6.07, 6.45) is 10.1. The van der Waals surface area contributed by atoms with E-state index in [1.54, 1.807) is 0 Å². The molecule has 0 spiro atoms. The molecule has 1 unspecified atom stereocenters. The second-order valence-electron chi connectivity index (χ2n) is 4.41. The molecular formula is C11H24N2. The molecule has 1 saturated carbocycles. The van der Waals surface area contributed by atoms with Gasteiger partial charge in [-0.2, -0.15) is 0 Å². The summed E-state index contributed by atoms with van der Waals surface area (Å²) in [6.45, 7) is 3.14. The first-order valence-electron chi connectivity index (χ1n) is 5.78. The molecule has 0 amide bonds. The van der Waals surface area contributed by atoms with Crippen LogP contribution in [0.4, 0.5) is 0 Å². The minimum Gasteiger partial charge on any atom is -0.316 e. The van der Waals surface area contributed by atoms with Gasteiger partial charge in [-0.05, 0) is 32.2 Å². The summed E-state index contributed by atoms with van der Waals surface area (Å²) >= 11 is 0. The zero-order valence-electron chi connectivity index (χ0n) is 8.89. The van der Waals surface area contributed by atoms with E-state index < -0.39 is 0 Å². The Hall–Kier alpha value is -0.0800. The summed E-state index contributed by atoms with van der Waals surface area (Å²) in [7, 11) is 0. The summed E-state index contributed by atoms with van der Waals surface area (Å²) in [5, 5.41) is 3.34. The number of nitrogens with one attached hydrogen (secondary N) is 1.